The van der Waals surface area contributed by atoms with Crippen molar-refractivity contribution in [3.8, 4) is 0 Å². The molecule has 0 spiro atoms. The number of aliphatic hydroxyl groups is 1. The van der Waals surface area contributed by atoms with Crippen molar-refractivity contribution in [2.75, 3.05) is 33.4 Å². The molecule has 3 amide bonds. The maximum atomic E-state index is 13.6. The van der Waals surface area contributed by atoms with Gasteiger partial charge in [0, 0.05) is 30.6 Å². The fraction of sp³-hybridized carbons (Fsp3) is 0.700. The number of ether oxygens (including phenoxy) is 3. The summed E-state index contributed by atoms with van der Waals surface area (Å²) in [7, 11) is 1.30. The molecule has 4 atom stereocenters. The number of amides is 3. The molecule has 11 heteroatoms. The Morgan fingerprint density at radius 3 is 2.56 bits per heavy atom. The first-order valence-corrected chi connectivity index (χ1v) is 15.2. The van der Waals surface area contributed by atoms with Crippen molar-refractivity contribution in [2.45, 2.75) is 89.6 Å². The Morgan fingerprint density at radius 2 is 1.88 bits per heavy atom. The number of aliphatic hydroxyl groups excluding tert-OH is 1. The van der Waals surface area contributed by atoms with E-state index in [9.17, 15) is 19.5 Å². The maximum Gasteiger partial charge on any atom is 0.406 e. The molecule has 1 heterocycles. The van der Waals surface area contributed by atoms with Gasteiger partial charge in [-0.2, -0.15) is 0 Å². The number of benzene rings is 1. The van der Waals surface area contributed by atoms with E-state index in [4.69, 9.17) is 21.1 Å². The standard InChI is InChI=1S/C30H46ClN3O7/c1-20(2)41-28(36)26(35)25(17-21-9-5-4-6-10-21)33-29(37)34-15-8-12-23(19-34)27(22-11-7-13-24(31)18-22)40-16-14-32-30(38)39-3/h7,11,13,18,20-21,23,25-27,35H,4-6,8-10,12,14-17,19H2,1-3H3,(H,32,38)(H,33,37)/t23-,25+,26-,27+/m1/s1. The summed E-state index contributed by atoms with van der Waals surface area (Å²) in [5.41, 5.74) is 0.893. The summed E-state index contributed by atoms with van der Waals surface area (Å²) in [4.78, 5) is 39.3. The number of esters is 1. The van der Waals surface area contributed by atoms with Crippen molar-refractivity contribution in [1.82, 2.24) is 15.5 Å². The maximum absolute atomic E-state index is 13.6. The fourth-order valence-corrected chi connectivity index (χ4v) is 6.00. The summed E-state index contributed by atoms with van der Waals surface area (Å²) in [6.45, 7) is 4.97. The van der Waals surface area contributed by atoms with E-state index in [2.05, 4.69) is 15.4 Å². The molecule has 2 fully saturated rings. The van der Waals surface area contributed by atoms with E-state index in [0.29, 0.717) is 30.5 Å². The Balaban J connectivity index is 1.70. The molecule has 3 N–H and O–H groups in total. The average molecular weight is 596 g/mol. The third-order valence-electron chi connectivity index (χ3n) is 7.80. The summed E-state index contributed by atoms with van der Waals surface area (Å²) in [5.74, 6) is -0.407. The Hall–Kier alpha value is -2.56. The fourth-order valence-electron chi connectivity index (χ4n) is 5.81. The number of urea groups is 1. The molecule has 1 saturated heterocycles. The number of nitrogens with zero attached hydrogens (tertiary/aromatic N) is 1. The van der Waals surface area contributed by atoms with Crippen molar-refractivity contribution in [3.63, 3.8) is 0 Å². The van der Waals surface area contributed by atoms with Crippen LogP contribution in [-0.4, -0.2) is 79.7 Å². The van der Waals surface area contributed by atoms with Crippen LogP contribution in [0, 0.1) is 11.8 Å². The highest BCUT2D eigenvalue weighted by Gasteiger charge is 2.36. The summed E-state index contributed by atoms with van der Waals surface area (Å²) in [6, 6.07) is 6.41. The zero-order chi connectivity index (χ0) is 29.8. The lowest BCUT2D eigenvalue weighted by atomic mass is 9.83. The average Bonchev–Trinajstić information content (AvgIpc) is 2.96. The summed E-state index contributed by atoms with van der Waals surface area (Å²) in [5, 5.41) is 17.1. The van der Waals surface area contributed by atoms with Crippen LogP contribution >= 0.6 is 11.6 Å². The van der Waals surface area contributed by atoms with E-state index >= 15 is 0 Å². The Kier molecular flexibility index (Phi) is 13.5. The number of rotatable bonds is 12. The molecule has 10 nitrogen and oxygen atoms in total. The number of hydrogen-bond acceptors (Lipinski definition) is 7. The number of halogens is 1. The molecular weight excluding hydrogens is 550 g/mol. The lowest BCUT2D eigenvalue weighted by Crippen LogP contribution is -2.54. The molecule has 0 bridgehead atoms. The second-order valence-electron chi connectivity index (χ2n) is 11.3. The molecular formula is C30H46ClN3O7. The highest BCUT2D eigenvalue weighted by Crippen LogP contribution is 2.34. The van der Waals surface area contributed by atoms with E-state index in [0.717, 1.165) is 44.1 Å². The normalized spacial score (nSPS) is 20.1. The number of carbonyl (C=O) groups is 3. The third kappa shape index (κ3) is 10.7. The topological polar surface area (TPSA) is 126 Å². The predicted octanol–water partition coefficient (Wildman–Crippen LogP) is 4.83. The number of methoxy groups -OCH3 is 1. The first-order valence-electron chi connectivity index (χ1n) is 14.8. The van der Waals surface area contributed by atoms with Gasteiger partial charge in [-0.1, -0.05) is 55.8 Å². The van der Waals surface area contributed by atoms with Crippen molar-refractivity contribution in [3.05, 3.63) is 34.9 Å². The molecule has 1 aromatic carbocycles. The molecule has 1 aliphatic carbocycles. The zero-order valence-electron chi connectivity index (χ0n) is 24.5. The number of carbonyl (C=O) groups excluding carboxylic acids is 3. The minimum absolute atomic E-state index is 0.0290. The van der Waals surface area contributed by atoms with Gasteiger partial charge in [0.05, 0.1) is 32.0 Å². The van der Waals surface area contributed by atoms with Crippen molar-refractivity contribution in [2.24, 2.45) is 11.8 Å². The molecule has 1 aliphatic heterocycles. The van der Waals surface area contributed by atoms with Gasteiger partial charge in [0.15, 0.2) is 6.10 Å². The van der Waals surface area contributed by atoms with Gasteiger partial charge in [-0.15, -0.1) is 0 Å². The van der Waals surface area contributed by atoms with Crippen LogP contribution in [0.2, 0.25) is 5.02 Å². The van der Waals surface area contributed by atoms with Gasteiger partial charge in [-0.25, -0.2) is 14.4 Å². The number of piperidine rings is 1. The van der Waals surface area contributed by atoms with E-state index in [1.54, 1.807) is 24.8 Å². The van der Waals surface area contributed by atoms with Crippen LogP contribution in [0.1, 0.15) is 76.9 Å². The third-order valence-corrected chi connectivity index (χ3v) is 8.04. The quantitative estimate of drug-likeness (QED) is 0.233. The van der Waals surface area contributed by atoms with Crippen LogP contribution in [0.4, 0.5) is 9.59 Å². The first kappa shape index (κ1) is 32.9. The summed E-state index contributed by atoms with van der Waals surface area (Å²) < 4.78 is 16.1. The molecule has 3 rings (SSSR count). The smallest absolute Gasteiger partial charge is 0.406 e. The highest BCUT2D eigenvalue weighted by atomic mass is 35.5. The highest BCUT2D eigenvalue weighted by molar-refractivity contribution is 6.30. The zero-order valence-corrected chi connectivity index (χ0v) is 25.2. The van der Waals surface area contributed by atoms with Gasteiger partial charge in [0.2, 0.25) is 0 Å². The van der Waals surface area contributed by atoms with Crippen molar-refractivity contribution < 1.29 is 33.7 Å². The summed E-state index contributed by atoms with van der Waals surface area (Å²) >= 11 is 6.29. The minimum Gasteiger partial charge on any atom is -0.461 e. The van der Waals surface area contributed by atoms with Gasteiger partial charge >= 0.3 is 18.1 Å². The Bertz CT molecular complexity index is 989. The monoisotopic (exact) mass is 595 g/mol. The SMILES string of the molecule is COC(=O)NCCO[C@@H](c1cccc(Cl)c1)[C@@H]1CCCN(C(=O)N[C@@H](CC2CCCCC2)[C@@H](O)C(=O)OC(C)C)C1. The van der Waals surface area contributed by atoms with E-state index in [-0.39, 0.29) is 37.3 Å². The molecule has 0 unspecified atom stereocenters. The molecule has 230 valence electrons. The number of alkyl carbamates (subject to hydrolysis) is 1. The molecule has 2 aliphatic rings. The largest absolute Gasteiger partial charge is 0.461 e. The Morgan fingerprint density at radius 1 is 1.12 bits per heavy atom. The number of likely N-dealkylation sites (tertiary alicyclic amines) is 1. The van der Waals surface area contributed by atoms with Gasteiger partial charge in [-0.3, -0.25) is 0 Å². The van der Waals surface area contributed by atoms with Crippen molar-refractivity contribution >= 4 is 29.7 Å². The lowest BCUT2D eigenvalue weighted by Gasteiger charge is -2.38. The number of nitrogens with one attached hydrogen (secondary N) is 2. The van der Waals surface area contributed by atoms with Crippen LogP contribution in [0.3, 0.4) is 0 Å². The van der Waals surface area contributed by atoms with Gasteiger partial charge in [-0.05, 0) is 56.7 Å². The van der Waals surface area contributed by atoms with Crippen LogP contribution in [-0.2, 0) is 19.0 Å². The Labute approximate surface area is 248 Å². The molecule has 1 aromatic rings. The van der Waals surface area contributed by atoms with E-state index in [1.165, 1.54) is 13.5 Å². The predicted molar refractivity (Wildman–Crippen MR) is 156 cm³/mol. The van der Waals surface area contributed by atoms with Gasteiger partial charge in [0.25, 0.3) is 0 Å². The minimum atomic E-state index is -1.44. The second kappa shape index (κ2) is 16.8. The van der Waals surface area contributed by atoms with Crippen LogP contribution in [0.15, 0.2) is 24.3 Å². The van der Waals surface area contributed by atoms with Gasteiger partial charge < -0.3 is 34.9 Å². The van der Waals surface area contributed by atoms with Crippen molar-refractivity contribution in [1.29, 1.82) is 0 Å². The van der Waals surface area contributed by atoms with E-state index in [1.807, 2.05) is 18.2 Å². The molecule has 1 saturated carbocycles. The van der Waals surface area contributed by atoms with Crippen LogP contribution in [0.5, 0.6) is 0 Å². The van der Waals surface area contributed by atoms with E-state index < -0.39 is 24.2 Å². The van der Waals surface area contributed by atoms with Gasteiger partial charge in [0.1, 0.15) is 0 Å². The van der Waals surface area contributed by atoms with Crippen LogP contribution in [0.25, 0.3) is 0 Å². The first-order chi connectivity index (χ1) is 19.7. The van der Waals surface area contributed by atoms with Crippen LogP contribution < -0.4 is 10.6 Å². The number of hydrogen-bond donors (Lipinski definition) is 3. The molecule has 41 heavy (non-hydrogen) atoms. The second-order valence-corrected chi connectivity index (χ2v) is 11.8. The molecule has 0 aromatic heterocycles. The summed E-state index contributed by atoms with van der Waals surface area (Å²) in [6.07, 6.45) is 4.91. The lowest BCUT2D eigenvalue weighted by molar-refractivity contribution is -0.159. The molecule has 0 radical (unpaired) electrons.